The van der Waals surface area contributed by atoms with Crippen molar-refractivity contribution >= 4 is 29.7 Å². The van der Waals surface area contributed by atoms with Gasteiger partial charge in [-0.25, -0.2) is 9.38 Å². The van der Waals surface area contributed by atoms with Gasteiger partial charge in [0.15, 0.2) is 5.82 Å². The van der Waals surface area contributed by atoms with Crippen LogP contribution in [0.15, 0.2) is 41.7 Å². The summed E-state index contributed by atoms with van der Waals surface area (Å²) in [5, 5.41) is 11.4. The monoisotopic (exact) mass is 478 g/mol. The minimum absolute atomic E-state index is 0.0685. The third-order valence-electron chi connectivity index (χ3n) is 6.22. The lowest BCUT2D eigenvalue weighted by Crippen LogP contribution is -2.64. The highest BCUT2D eigenvalue weighted by atomic mass is 19.1. The smallest absolute Gasteiger partial charge is 0.252 e. The summed E-state index contributed by atoms with van der Waals surface area (Å²) in [6, 6.07) is 6.56. The summed E-state index contributed by atoms with van der Waals surface area (Å²) in [5.41, 5.74) is 7.58. The summed E-state index contributed by atoms with van der Waals surface area (Å²) in [5.74, 6) is -1.08. The Bertz CT molecular complexity index is 1350. The van der Waals surface area contributed by atoms with Gasteiger partial charge >= 0.3 is 0 Å². The normalized spacial score (nSPS) is 16.0. The number of nitrogens with one attached hydrogen (secondary N) is 2. The van der Waals surface area contributed by atoms with E-state index in [1.807, 2.05) is 0 Å². The van der Waals surface area contributed by atoms with Crippen molar-refractivity contribution in [3.8, 4) is 22.4 Å². The Kier molecular flexibility index (Phi) is 6.01. The third kappa shape index (κ3) is 4.09. The number of aromatic amines is 1. The van der Waals surface area contributed by atoms with Gasteiger partial charge < -0.3 is 20.5 Å². The number of amides is 2. The molecule has 182 valence electrons. The second kappa shape index (κ2) is 8.82. The zero-order valence-corrected chi connectivity index (χ0v) is 20.0. The largest absolute Gasteiger partial charge is 0.382 e. The Labute approximate surface area is 201 Å². The fourth-order valence-corrected chi connectivity index (χ4v) is 4.47. The average molecular weight is 479 g/mol. The SMILES string of the molecule is CC(=O)N1CCN(c2cccc(-c3cc(-c4cnn(C)c4)c(C(N)=NC=N)[nH]3)c2F)C(=O)C1(C)C. The van der Waals surface area contributed by atoms with Crippen LogP contribution >= 0.6 is 0 Å². The molecule has 3 aromatic rings. The highest BCUT2D eigenvalue weighted by Crippen LogP contribution is 2.36. The van der Waals surface area contributed by atoms with E-state index in [9.17, 15) is 9.59 Å². The van der Waals surface area contributed by atoms with Gasteiger partial charge in [-0.15, -0.1) is 0 Å². The molecule has 10 nitrogen and oxygen atoms in total. The van der Waals surface area contributed by atoms with Crippen molar-refractivity contribution in [3.05, 3.63) is 48.2 Å². The first kappa shape index (κ1) is 23.9. The van der Waals surface area contributed by atoms with Crippen LogP contribution in [0.25, 0.3) is 22.4 Å². The first-order valence-electron chi connectivity index (χ1n) is 11.0. The van der Waals surface area contributed by atoms with Gasteiger partial charge in [0.05, 0.1) is 17.6 Å². The Morgan fingerprint density at radius 2 is 2.06 bits per heavy atom. The summed E-state index contributed by atoms with van der Waals surface area (Å²) in [6.45, 7) is 5.22. The zero-order chi connectivity index (χ0) is 25.5. The molecule has 0 bridgehead atoms. The standard InChI is InChI=1S/C24H27FN8O2/c1-14(34)33-9-8-32(23(35)24(33,2)3)19-7-5-6-16(20(19)25)18-10-17(15-11-29-31(4)12-15)21(30-18)22(27)28-13-26/h5-7,10-13,30H,8-9H2,1-4H3,(H3,26,27,28). The summed E-state index contributed by atoms with van der Waals surface area (Å²) in [6.07, 6.45) is 4.27. The number of amidine groups is 1. The summed E-state index contributed by atoms with van der Waals surface area (Å²) >= 11 is 0. The van der Waals surface area contributed by atoms with Crippen LogP contribution in [0, 0.1) is 11.2 Å². The van der Waals surface area contributed by atoms with Crippen LogP contribution in [0.3, 0.4) is 0 Å². The molecule has 1 aromatic carbocycles. The topological polar surface area (TPSA) is 136 Å². The molecule has 2 amide bonds. The van der Waals surface area contributed by atoms with Crippen molar-refractivity contribution in [2.24, 2.45) is 17.8 Å². The Hall–Kier alpha value is -4.28. The molecule has 11 heteroatoms. The number of carbonyl (C=O) groups excluding carboxylic acids is 2. The molecule has 4 rings (SSSR count). The van der Waals surface area contributed by atoms with Crippen LogP contribution in [0.4, 0.5) is 10.1 Å². The Morgan fingerprint density at radius 1 is 1.31 bits per heavy atom. The van der Waals surface area contributed by atoms with Gasteiger partial charge in [0, 0.05) is 55.6 Å². The van der Waals surface area contributed by atoms with Crippen LogP contribution in [-0.4, -0.2) is 62.3 Å². The number of benzene rings is 1. The van der Waals surface area contributed by atoms with Gasteiger partial charge in [-0.05, 0) is 32.0 Å². The van der Waals surface area contributed by atoms with Gasteiger partial charge in [0.2, 0.25) is 5.91 Å². The summed E-state index contributed by atoms with van der Waals surface area (Å²) in [7, 11) is 1.78. The second-order valence-electron chi connectivity index (χ2n) is 8.84. The maximum absolute atomic E-state index is 15.9. The van der Waals surface area contributed by atoms with E-state index >= 15 is 4.39 Å². The number of H-pyrrole nitrogens is 1. The number of anilines is 1. The fourth-order valence-electron chi connectivity index (χ4n) is 4.47. The van der Waals surface area contributed by atoms with E-state index < -0.39 is 11.4 Å². The molecular formula is C24H27FN8O2. The average Bonchev–Trinajstić information content (AvgIpc) is 3.42. The van der Waals surface area contributed by atoms with Gasteiger partial charge in [-0.2, -0.15) is 5.10 Å². The van der Waals surface area contributed by atoms with Crippen LogP contribution in [0.2, 0.25) is 0 Å². The number of hydrogen-bond donors (Lipinski definition) is 3. The number of piperazine rings is 1. The van der Waals surface area contributed by atoms with E-state index in [0.29, 0.717) is 23.5 Å². The van der Waals surface area contributed by atoms with Crippen molar-refractivity contribution < 1.29 is 14.0 Å². The maximum atomic E-state index is 15.9. The van der Waals surface area contributed by atoms with E-state index in [2.05, 4.69) is 15.1 Å². The van der Waals surface area contributed by atoms with Crippen LogP contribution in [-0.2, 0) is 16.6 Å². The van der Waals surface area contributed by atoms with Gasteiger partial charge in [0.25, 0.3) is 5.91 Å². The zero-order valence-electron chi connectivity index (χ0n) is 20.0. The molecule has 0 unspecified atom stereocenters. The quantitative estimate of drug-likeness (QED) is 0.383. The molecule has 0 radical (unpaired) electrons. The number of aryl methyl sites for hydroxylation is 1. The number of nitrogens with two attached hydrogens (primary N) is 1. The first-order valence-corrected chi connectivity index (χ1v) is 11.0. The fraction of sp³-hybridized carbons (Fsp3) is 0.292. The van der Waals surface area contributed by atoms with Crippen molar-refractivity contribution in [1.29, 1.82) is 5.41 Å². The molecule has 0 aliphatic carbocycles. The molecule has 1 fully saturated rings. The summed E-state index contributed by atoms with van der Waals surface area (Å²) < 4.78 is 17.5. The molecule has 1 aliphatic heterocycles. The van der Waals surface area contributed by atoms with Gasteiger partial charge in [-0.1, -0.05) is 6.07 Å². The molecule has 1 aliphatic rings. The molecule has 3 heterocycles. The van der Waals surface area contributed by atoms with E-state index in [1.54, 1.807) is 62.2 Å². The van der Waals surface area contributed by atoms with E-state index in [4.69, 9.17) is 11.1 Å². The number of aliphatic imine (C=N–C) groups is 1. The molecule has 35 heavy (non-hydrogen) atoms. The second-order valence-corrected chi connectivity index (χ2v) is 8.84. The highest BCUT2D eigenvalue weighted by Gasteiger charge is 2.44. The third-order valence-corrected chi connectivity index (χ3v) is 6.22. The molecule has 2 aromatic heterocycles. The first-order chi connectivity index (χ1) is 16.6. The van der Waals surface area contributed by atoms with E-state index in [0.717, 1.165) is 11.9 Å². The minimum atomic E-state index is -1.10. The Morgan fingerprint density at radius 3 is 2.69 bits per heavy atom. The highest BCUT2D eigenvalue weighted by molar-refractivity contribution is 6.06. The molecule has 1 saturated heterocycles. The van der Waals surface area contributed by atoms with Crippen molar-refractivity contribution in [2.75, 3.05) is 18.0 Å². The van der Waals surface area contributed by atoms with Gasteiger partial charge in [-0.3, -0.25) is 19.7 Å². The number of carbonyl (C=O) groups is 2. The number of rotatable bonds is 5. The molecule has 0 atom stereocenters. The van der Waals surface area contributed by atoms with Crippen molar-refractivity contribution in [2.45, 2.75) is 26.3 Å². The number of nitrogens with zero attached hydrogens (tertiary/aromatic N) is 5. The molecule has 4 N–H and O–H groups in total. The van der Waals surface area contributed by atoms with Crippen molar-refractivity contribution in [3.63, 3.8) is 0 Å². The van der Waals surface area contributed by atoms with Crippen LogP contribution in [0.5, 0.6) is 0 Å². The number of aromatic nitrogens is 3. The molecular weight excluding hydrogens is 451 g/mol. The predicted molar refractivity (Wildman–Crippen MR) is 132 cm³/mol. The molecule has 0 spiro atoms. The van der Waals surface area contributed by atoms with E-state index in [1.165, 1.54) is 16.7 Å². The van der Waals surface area contributed by atoms with Crippen LogP contribution < -0.4 is 10.6 Å². The van der Waals surface area contributed by atoms with Crippen LogP contribution in [0.1, 0.15) is 26.5 Å². The van der Waals surface area contributed by atoms with Gasteiger partial charge in [0.1, 0.15) is 17.7 Å². The molecule has 0 saturated carbocycles. The van der Waals surface area contributed by atoms with E-state index in [-0.39, 0.29) is 35.4 Å². The maximum Gasteiger partial charge on any atom is 0.252 e. The lowest BCUT2D eigenvalue weighted by molar-refractivity contribution is -0.145. The lowest BCUT2D eigenvalue weighted by atomic mass is 9.96. The minimum Gasteiger partial charge on any atom is -0.382 e. The number of halogens is 1. The Balaban J connectivity index is 1.79. The lowest BCUT2D eigenvalue weighted by Gasteiger charge is -2.45. The summed E-state index contributed by atoms with van der Waals surface area (Å²) in [4.78, 5) is 35.1. The number of hydrogen-bond acceptors (Lipinski definition) is 4. The predicted octanol–water partition coefficient (Wildman–Crippen LogP) is 2.51. The van der Waals surface area contributed by atoms with Crippen molar-refractivity contribution in [1.82, 2.24) is 19.7 Å².